The molecule has 9 nitrogen and oxygen atoms in total. The molecule has 0 spiro atoms. The third-order valence-electron chi connectivity index (χ3n) is 9.79. The topological polar surface area (TPSA) is 110 Å². The second kappa shape index (κ2) is 11.4. The Morgan fingerprint density at radius 2 is 1.44 bits per heavy atom. The number of likely N-dealkylation sites (tertiary alicyclic amines) is 2. The zero-order valence-corrected chi connectivity index (χ0v) is 24.8. The molecule has 5 atom stereocenters. The standard InChI is InChI=1S/C34H39N7O2/c1-21-4-3-5-30(41(21)32(43)19-35-20-42)34-37-18-28(39-34)25-12-8-23(9-13-25)22-6-10-24(11-7-22)27-17-36-33(38-27)29-15-14-26-16-31(26)40(29)2/h6-13,17-18,20-21,26,29-31H,3-5,14-16,19H2,1-2H3,(H,35,42)(H,36,38)(H,37,39)/t21?,26?,29-,30-,31?/m0/s1. The summed E-state index contributed by atoms with van der Waals surface area (Å²) in [5, 5.41) is 2.51. The van der Waals surface area contributed by atoms with Crippen LogP contribution in [-0.4, -0.2) is 67.7 Å². The predicted molar refractivity (Wildman–Crippen MR) is 166 cm³/mol. The number of benzene rings is 2. The van der Waals surface area contributed by atoms with Crippen LogP contribution in [0.1, 0.15) is 69.2 Å². The first-order chi connectivity index (χ1) is 21.0. The number of amides is 2. The molecule has 9 heteroatoms. The molecule has 3 unspecified atom stereocenters. The summed E-state index contributed by atoms with van der Waals surface area (Å²) in [5.41, 5.74) is 6.46. The Hall–Kier alpha value is -4.24. The van der Waals surface area contributed by atoms with E-state index in [0.29, 0.717) is 12.5 Å². The lowest BCUT2D eigenvalue weighted by Gasteiger charge is -2.39. The van der Waals surface area contributed by atoms with Crippen LogP contribution in [0.25, 0.3) is 33.6 Å². The van der Waals surface area contributed by atoms with Crippen molar-refractivity contribution >= 4 is 12.3 Å². The lowest BCUT2D eigenvalue weighted by molar-refractivity contribution is -0.138. The summed E-state index contributed by atoms with van der Waals surface area (Å²) in [6.45, 7) is 2.06. The van der Waals surface area contributed by atoms with E-state index in [4.69, 9.17) is 4.98 Å². The number of nitrogens with one attached hydrogen (secondary N) is 3. The molecule has 222 valence electrons. The molecular weight excluding hydrogens is 538 g/mol. The van der Waals surface area contributed by atoms with Gasteiger partial charge in [-0.05, 0) is 80.7 Å². The Kier molecular flexibility index (Phi) is 7.34. The molecule has 4 aromatic rings. The summed E-state index contributed by atoms with van der Waals surface area (Å²) in [5.74, 6) is 2.69. The second-order valence-electron chi connectivity index (χ2n) is 12.4. The average Bonchev–Trinajstić information content (AvgIpc) is 3.42. The Bertz CT molecular complexity index is 1590. The van der Waals surface area contributed by atoms with Crippen LogP contribution in [0.5, 0.6) is 0 Å². The molecule has 2 aromatic heterocycles. The number of rotatable bonds is 8. The predicted octanol–water partition coefficient (Wildman–Crippen LogP) is 5.48. The quantitative estimate of drug-likeness (QED) is 0.240. The Morgan fingerprint density at radius 3 is 2.05 bits per heavy atom. The van der Waals surface area contributed by atoms with Gasteiger partial charge in [-0.2, -0.15) is 0 Å². The van der Waals surface area contributed by atoms with E-state index >= 15 is 0 Å². The Balaban J connectivity index is 1.03. The maximum atomic E-state index is 12.8. The van der Waals surface area contributed by atoms with Crippen molar-refractivity contribution < 1.29 is 9.59 Å². The number of aromatic amines is 2. The van der Waals surface area contributed by atoms with Gasteiger partial charge in [0.05, 0.1) is 42.4 Å². The normalized spacial score (nSPS) is 25.3. The van der Waals surface area contributed by atoms with E-state index in [2.05, 4.69) is 87.7 Å². The highest BCUT2D eigenvalue weighted by molar-refractivity contribution is 5.81. The zero-order valence-electron chi connectivity index (χ0n) is 24.8. The summed E-state index contributed by atoms with van der Waals surface area (Å²) < 4.78 is 0. The molecule has 1 aliphatic carbocycles. The van der Waals surface area contributed by atoms with Gasteiger partial charge in [0.15, 0.2) is 0 Å². The number of piperidine rings is 2. The van der Waals surface area contributed by atoms with E-state index in [1.165, 1.54) is 19.3 Å². The lowest BCUT2D eigenvalue weighted by Crippen LogP contribution is -2.47. The number of H-pyrrole nitrogens is 2. The molecule has 0 bridgehead atoms. The van der Waals surface area contributed by atoms with E-state index in [0.717, 1.165) is 76.5 Å². The van der Waals surface area contributed by atoms with Crippen LogP contribution in [0.3, 0.4) is 0 Å². The smallest absolute Gasteiger partial charge is 0.242 e. The maximum absolute atomic E-state index is 12.8. The monoisotopic (exact) mass is 577 g/mol. The average molecular weight is 578 g/mol. The van der Waals surface area contributed by atoms with Crippen molar-refractivity contribution in [1.82, 2.24) is 35.1 Å². The van der Waals surface area contributed by atoms with Crippen LogP contribution in [-0.2, 0) is 9.59 Å². The molecule has 43 heavy (non-hydrogen) atoms. The van der Waals surface area contributed by atoms with Crippen molar-refractivity contribution in [1.29, 1.82) is 0 Å². The Morgan fingerprint density at radius 1 is 0.860 bits per heavy atom. The fourth-order valence-corrected chi connectivity index (χ4v) is 7.27. The maximum Gasteiger partial charge on any atom is 0.242 e. The first-order valence-electron chi connectivity index (χ1n) is 15.5. The largest absolute Gasteiger partial charge is 0.350 e. The van der Waals surface area contributed by atoms with E-state index < -0.39 is 0 Å². The third kappa shape index (κ3) is 5.38. The van der Waals surface area contributed by atoms with Crippen LogP contribution >= 0.6 is 0 Å². The molecule has 2 aliphatic heterocycles. The molecule has 3 fully saturated rings. The molecule has 0 radical (unpaired) electrons. The molecule has 2 aromatic carbocycles. The molecule has 2 saturated heterocycles. The van der Waals surface area contributed by atoms with Crippen LogP contribution in [0.15, 0.2) is 60.9 Å². The second-order valence-corrected chi connectivity index (χ2v) is 12.4. The van der Waals surface area contributed by atoms with E-state index in [1.807, 2.05) is 17.3 Å². The van der Waals surface area contributed by atoms with Crippen molar-refractivity contribution in [2.75, 3.05) is 13.6 Å². The number of aromatic nitrogens is 4. The summed E-state index contributed by atoms with van der Waals surface area (Å²) in [6.07, 6.45) is 11.0. The molecule has 2 amide bonds. The van der Waals surface area contributed by atoms with Gasteiger partial charge in [0.25, 0.3) is 0 Å². The fraction of sp³-hybridized carbons (Fsp3) is 0.412. The highest BCUT2D eigenvalue weighted by atomic mass is 16.2. The molecule has 4 heterocycles. The fourth-order valence-electron chi connectivity index (χ4n) is 7.27. The van der Waals surface area contributed by atoms with Gasteiger partial charge in [0.1, 0.15) is 11.6 Å². The van der Waals surface area contributed by atoms with Gasteiger partial charge in [-0.3, -0.25) is 14.5 Å². The van der Waals surface area contributed by atoms with Gasteiger partial charge in [-0.1, -0.05) is 48.5 Å². The lowest BCUT2D eigenvalue weighted by atomic mass is 9.95. The minimum absolute atomic E-state index is 0.00205. The van der Waals surface area contributed by atoms with Crippen molar-refractivity contribution in [3.05, 3.63) is 72.6 Å². The number of hydrogen-bond acceptors (Lipinski definition) is 5. The SMILES string of the molecule is CC1CCC[C@@H](c2ncc(-c3ccc(-c4ccc(-c5cnc([C@@H]6CCC7CC7N6C)[nH]5)cc4)cc3)[nH]2)N1C(=O)CNC=O. The number of carbonyl (C=O) groups excluding carboxylic acids is 2. The minimum Gasteiger partial charge on any atom is -0.350 e. The number of fused-ring (bicyclic) bond motifs is 1. The number of nitrogens with zero attached hydrogens (tertiary/aromatic N) is 4. The van der Waals surface area contributed by atoms with Crippen LogP contribution in [0, 0.1) is 5.92 Å². The van der Waals surface area contributed by atoms with Gasteiger partial charge in [-0.25, -0.2) is 9.97 Å². The van der Waals surface area contributed by atoms with Gasteiger partial charge in [0.2, 0.25) is 12.3 Å². The van der Waals surface area contributed by atoms with Crippen molar-refractivity contribution in [2.24, 2.45) is 5.92 Å². The van der Waals surface area contributed by atoms with E-state index in [9.17, 15) is 9.59 Å². The van der Waals surface area contributed by atoms with E-state index in [-0.39, 0.29) is 24.5 Å². The molecule has 7 rings (SSSR count). The van der Waals surface area contributed by atoms with Gasteiger partial charge in [0, 0.05) is 12.1 Å². The molecule has 1 saturated carbocycles. The zero-order chi connectivity index (χ0) is 29.5. The number of imidazole rings is 2. The van der Waals surface area contributed by atoms with Gasteiger partial charge < -0.3 is 20.2 Å². The summed E-state index contributed by atoms with van der Waals surface area (Å²) in [6, 6.07) is 18.2. The number of hydrogen-bond donors (Lipinski definition) is 3. The molecular formula is C34H39N7O2. The van der Waals surface area contributed by atoms with Crippen LogP contribution in [0.4, 0.5) is 0 Å². The third-order valence-corrected chi connectivity index (χ3v) is 9.79. The number of carbonyl (C=O) groups is 2. The minimum atomic E-state index is -0.128. The molecule has 3 aliphatic rings. The molecule has 3 N–H and O–H groups in total. The highest BCUT2D eigenvalue weighted by Crippen LogP contribution is 2.48. The summed E-state index contributed by atoms with van der Waals surface area (Å²) in [7, 11) is 2.24. The van der Waals surface area contributed by atoms with Crippen LogP contribution < -0.4 is 5.32 Å². The van der Waals surface area contributed by atoms with Gasteiger partial charge >= 0.3 is 0 Å². The van der Waals surface area contributed by atoms with Crippen molar-refractivity contribution in [3.8, 4) is 33.6 Å². The first-order valence-corrected chi connectivity index (χ1v) is 15.5. The van der Waals surface area contributed by atoms with Crippen molar-refractivity contribution in [2.45, 2.75) is 69.6 Å². The summed E-state index contributed by atoms with van der Waals surface area (Å²) >= 11 is 0. The summed E-state index contributed by atoms with van der Waals surface area (Å²) in [4.78, 5) is 44.5. The Labute approximate surface area is 252 Å². The van der Waals surface area contributed by atoms with Crippen LogP contribution in [0.2, 0.25) is 0 Å². The van der Waals surface area contributed by atoms with E-state index in [1.54, 1.807) is 0 Å². The van der Waals surface area contributed by atoms with Crippen molar-refractivity contribution in [3.63, 3.8) is 0 Å². The first kappa shape index (κ1) is 27.6. The van der Waals surface area contributed by atoms with Gasteiger partial charge in [-0.15, -0.1) is 0 Å². The highest BCUT2D eigenvalue weighted by Gasteiger charge is 2.47.